The van der Waals surface area contributed by atoms with Crippen molar-refractivity contribution in [3.8, 4) is 5.75 Å². The summed E-state index contributed by atoms with van der Waals surface area (Å²) in [6, 6.07) is 1.70. The lowest BCUT2D eigenvalue weighted by atomic mass is 10.2. The van der Waals surface area contributed by atoms with Crippen molar-refractivity contribution in [3.05, 3.63) is 24.0 Å². The SMILES string of the molecule is CCOC(=O)NC(=O)C(N=Nc1ccc(OC(C)C)cc1F)C(=O)NC(=O)OCC. The number of azo groups is 1. The molecule has 0 aliphatic heterocycles. The van der Waals surface area contributed by atoms with Crippen LogP contribution in [0.4, 0.5) is 19.7 Å². The highest BCUT2D eigenvalue weighted by molar-refractivity contribution is 6.11. The van der Waals surface area contributed by atoms with Crippen LogP contribution in [0.2, 0.25) is 0 Å². The van der Waals surface area contributed by atoms with Gasteiger partial charge >= 0.3 is 12.2 Å². The molecule has 0 aliphatic carbocycles. The number of carbonyl (C=O) groups is 4. The van der Waals surface area contributed by atoms with E-state index in [1.165, 1.54) is 26.0 Å². The summed E-state index contributed by atoms with van der Waals surface area (Å²) in [5.41, 5.74) is -0.302. The molecular weight excluding hydrogens is 403 g/mol. The quantitative estimate of drug-likeness (QED) is 0.480. The van der Waals surface area contributed by atoms with E-state index in [1.807, 2.05) is 0 Å². The van der Waals surface area contributed by atoms with Gasteiger partial charge in [0.05, 0.1) is 19.3 Å². The largest absolute Gasteiger partial charge is 0.491 e. The van der Waals surface area contributed by atoms with Gasteiger partial charge in [0.15, 0.2) is 5.82 Å². The average molecular weight is 426 g/mol. The fourth-order valence-corrected chi connectivity index (χ4v) is 1.93. The molecule has 11 nitrogen and oxygen atoms in total. The van der Waals surface area contributed by atoms with Crippen LogP contribution in [0.5, 0.6) is 5.75 Å². The monoisotopic (exact) mass is 426 g/mol. The summed E-state index contributed by atoms with van der Waals surface area (Å²) in [4.78, 5) is 47.3. The van der Waals surface area contributed by atoms with Crippen molar-refractivity contribution in [2.24, 2.45) is 10.2 Å². The summed E-state index contributed by atoms with van der Waals surface area (Å²) in [5.74, 6) is -3.05. The standard InChI is InChI=1S/C18H23FN4O7/c1-5-28-17(26)20-15(24)14(16(25)21-18(27)29-6-2)23-22-13-8-7-11(9-12(13)19)30-10(3)4/h7-10,14H,5-6H2,1-4H3,(H,20,24,26)(H,21,25,27). The summed E-state index contributed by atoms with van der Waals surface area (Å²) < 4.78 is 28.6. The fraction of sp³-hybridized carbons (Fsp3) is 0.444. The maximum atomic E-state index is 14.2. The summed E-state index contributed by atoms with van der Waals surface area (Å²) >= 11 is 0. The highest BCUT2D eigenvalue weighted by Gasteiger charge is 2.30. The van der Waals surface area contributed by atoms with Crippen molar-refractivity contribution < 1.29 is 37.8 Å². The molecule has 164 valence electrons. The second kappa shape index (κ2) is 12.1. The van der Waals surface area contributed by atoms with Crippen LogP contribution in [0.25, 0.3) is 0 Å². The Hall–Kier alpha value is -3.57. The molecule has 0 unspecified atom stereocenters. The molecule has 0 radical (unpaired) electrons. The molecule has 0 aliphatic rings. The molecule has 4 amide bonds. The Kier molecular flexibility index (Phi) is 9.86. The Labute approximate surface area is 172 Å². The van der Waals surface area contributed by atoms with Gasteiger partial charge in [0.1, 0.15) is 11.4 Å². The van der Waals surface area contributed by atoms with Crippen LogP contribution in [-0.4, -0.2) is 49.4 Å². The van der Waals surface area contributed by atoms with E-state index >= 15 is 0 Å². The number of benzene rings is 1. The molecule has 0 atom stereocenters. The van der Waals surface area contributed by atoms with Gasteiger partial charge in [-0.2, -0.15) is 10.2 Å². The van der Waals surface area contributed by atoms with Gasteiger partial charge in [-0.05, 0) is 39.8 Å². The number of ether oxygens (including phenoxy) is 3. The molecule has 1 aromatic carbocycles. The second-order valence-corrected chi connectivity index (χ2v) is 5.82. The van der Waals surface area contributed by atoms with Crippen LogP contribution >= 0.6 is 0 Å². The van der Waals surface area contributed by atoms with Gasteiger partial charge in [-0.3, -0.25) is 20.2 Å². The van der Waals surface area contributed by atoms with Gasteiger partial charge in [-0.25, -0.2) is 14.0 Å². The van der Waals surface area contributed by atoms with Crippen molar-refractivity contribution in [1.82, 2.24) is 10.6 Å². The second-order valence-electron chi connectivity index (χ2n) is 5.82. The number of rotatable bonds is 8. The Balaban J connectivity index is 3.06. The topological polar surface area (TPSA) is 145 Å². The molecule has 12 heteroatoms. The molecular formula is C18H23FN4O7. The number of hydrogen-bond acceptors (Lipinski definition) is 9. The van der Waals surface area contributed by atoms with E-state index < -0.39 is 35.9 Å². The molecule has 0 fully saturated rings. The molecule has 0 bridgehead atoms. The van der Waals surface area contributed by atoms with E-state index in [2.05, 4.69) is 19.7 Å². The van der Waals surface area contributed by atoms with Gasteiger partial charge in [-0.15, -0.1) is 0 Å². The molecule has 1 rings (SSSR count). The van der Waals surface area contributed by atoms with E-state index in [0.717, 1.165) is 6.07 Å². The lowest BCUT2D eigenvalue weighted by Gasteiger charge is -2.11. The van der Waals surface area contributed by atoms with Crippen LogP contribution in [0.3, 0.4) is 0 Å². The lowest BCUT2D eigenvalue weighted by Crippen LogP contribution is -2.48. The normalized spacial score (nSPS) is 10.8. The molecule has 0 saturated carbocycles. The number of nitrogens with zero attached hydrogens (tertiary/aromatic N) is 2. The third kappa shape index (κ3) is 8.20. The lowest BCUT2D eigenvalue weighted by molar-refractivity contribution is -0.130. The number of imide groups is 2. The molecule has 0 saturated heterocycles. The van der Waals surface area contributed by atoms with Crippen LogP contribution in [0, 0.1) is 5.82 Å². The third-order valence-electron chi connectivity index (χ3n) is 3.07. The zero-order valence-corrected chi connectivity index (χ0v) is 16.9. The number of hydrogen-bond donors (Lipinski definition) is 2. The Morgan fingerprint density at radius 2 is 1.53 bits per heavy atom. The molecule has 0 aromatic heterocycles. The van der Waals surface area contributed by atoms with Crippen LogP contribution in [-0.2, 0) is 19.1 Å². The first-order chi connectivity index (χ1) is 14.2. The van der Waals surface area contributed by atoms with Gasteiger partial charge in [0.25, 0.3) is 11.8 Å². The third-order valence-corrected chi connectivity index (χ3v) is 3.07. The van der Waals surface area contributed by atoms with Crippen LogP contribution < -0.4 is 15.4 Å². The van der Waals surface area contributed by atoms with E-state index in [4.69, 9.17) is 4.74 Å². The first-order valence-corrected chi connectivity index (χ1v) is 9.00. The van der Waals surface area contributed by atoms with Gasteiger partial charge in [-0.1, -0.05) is 0 Å². The van der Waals surface area contributed by atoms with Crippen molar-refractivity contribution in [2.75, 3.05) is 13.2 Å². The van der Waals surface area contributed by atoms with Crippen LogP contribution in [0.1, 0.15) is 27.7 Å². The smallest absolute Gasteiger partial charge is 0.413 e. The number of alkyl carbamates (subject to hydrolysis) is 2. The minimum absolute atomic E-state index is 0.0314. The van der Waals surface area contributed by atoms with E-state index in [9.17, 15) is 23.6 Å². The van der Waals surface area contributed by atoms with E-state index in [1.54, 1.807) is 24.5 Å². The maximum absolute atomic E-state index is 14.2. The summed E-state index contributed by atoms with van der Waals surface area (Å²) in [5, 5.41) is 10.6. The van der Waals surface area contributed by atoms with Crippen molar-refractivity contribution in [2.45, 2.75) is 39.8 Å². The minimum atomic E-state index is -2.00. The molecule has 0 spiro atoms. The molecule has 2 N–H and O–H groups in total. The Morgan fingerprint density at radius 3 is 1.97 bits per heavy atom. The predicted octanol–water partition coefficient (Wildman–Crippen LogP) is 2.61. The Bertz CT molecular complexity index is 782. The zero-order chi connectivity index (χ0) is 22.7. The number of carbonyl (C=O) groups excluding carboxylic acids is 4. The average Bonchev–Trinajstić information content (AvgIpc) is 2.63. The molecule has 30 heavy (non-hydrogen) atoms. The number of nitrogens with one attached hydrogen (secondary N) is 2. The zero-order valence-electron chi connectivity index (χ0n) is 16.9. The fourth-order valence-electron chi connectivity index (χ4n) is 1.93. The molecule has 0 heterocycles. The highest BCUT2D eigenvalue weighted by atomic mass is 19.1. The minimum Gasteiger partial charge on any atom is -0.491 e. The van der Waals surface area contributed by atoms with Gasteiger partial charge < -0.3 is 14.2 Å². The van der Waals surface area contributed by atoms with E-state index in [0.29, 0.717) is 0 Å². The summed E-state index contributed by atoms with van der Waals surface area (Å²) in [6.45, 7) is 6.47. The summed E-state index contributed by atoms with van der Waals surface area (Å²) in [7, 11) is 0. The number of halogens is 1. The molecule has 1 aromatic rings. The first kappa shape index (κ1) is 24.5. The van der Waals surface area contributed by atoms with Crippen molar-refractivity contribution >= 4 is 29.7 Å². The first-order valence-electron chi connectivity index (χ1n) is 9.00. The van der Waals surface area contributed by atoms with Crippen molar-refractivity contribution in [3.63, 3.8) is 0 Å². The van der Waals surface area contributed by atoms with Crippen LogP contribution in [0.15, 0.2) is 28.4 Å². The number of amides is 4. The summed E-state index contributed by atoms with van der Waals surface area (Å²) in [6.07, 6.45) is -2.44. The van der Waals surface area contributed by atoms with Crippen molar-refractivity contribution in [1.29, 1.82) is 0 Å². The predicted molar refractivity (Wildman–Crippen MR) is 101 cm³/mol. The Morgan fingerprint density at radius 1 is 1.00 bits per heavy atom. The van der Waals surface area contributed by atoms with Gasteiger partial charge in [0.2, 0.25) is 6.04 Å². The van der Waals surface area contributed by atoms with E-state index in [-0.39, 0.29) is 30.8 Å². The van der Waals surface area contributed by atoms with Gasteiger partial charge in [0, 0.05) is 6.07 Å². The highest BCUT2D eigenvalue weighted by Crippen LogP contribution is 2.24. The maximum Gasteiger partial charge on any atom is 0.413 e.